The van der Waals surface area contributed by atoms with E-state index in [9.17, 15) is 17.6 Å². The maximum atomic E-state index is 14.3. The van der Waals surface area contributed by atoms with E-state index < -0.39 is 21.7 Å². The van der Waals surface area contributed by atoms with E-state index in [2.05, 4.69) is 5.32 Å². The van der Waals surface area contributed by atoms with Crippen LogP contribution in [-0.4, -0.2) is 40.3 Å². The average molecular weight is 372 g/mol. The predicted molar refractivity (Wildman–Crippen MR) is 93.9 cm³/mol. The number of benzene rings is 1. The van der Waals surface area contributed by atoms with Crippen molar-refractivity contribution in [3.8, 4) is 5.75 Å². The van der Waals surface area contributed by atoms with Crippen LogP contribution in [0.2, 0.25) is 0 Å². The molecule has 1 saturated heterocycles. The minimum Gasteiger partial charge on any atom is -0.493 e. The van der Waals surface area contributed by atoms with Gasteiger partial charge in [0.05, 0.1) is 18.4 Å². The minimum atomic E-state index is -3.76. The smallest absolute Gasteiger partial charge is 0.267 e. The number of hydrogen-bond donors (Lipinski definition) is 2. The first kappa shape index (κ1) is 19.7. The zero-order valence-electron chi connectivity index (χ0n) is 14.8. The Kier molecular flexibility index (Phi) is 6.40. The van der Waals surface area contributed by atoms with E-state index in [4.69, 9.17) is 4.74 Å². The number of carbonyl (C=O) groups is 1. The van der Waals surface area contributed by atoms with E-state index in [0.29, 0.717) is 23.8 Å². The van der Waals surface area contributed by atoms with E-state index in [-0.39, 0.29) is 11.5 Å². The fourth-order valence-corrected chi connectivity index (χ4v) is 3.25. The van der Waals surface area contributed by atoms with Gasteiger partial charge < -0.3 is 10.1 Å². The summed E-state index contributed by atoms with van der Waals surface area (Å²) in [6.07, 6.45) is 2.87. The fraction of sp³-hybridized carbons (Fsp3) is 0.588. The number of halogens is 1. The molecule has 0 aromatic heterocycles. The Balaban J connectivity index is 2.22. The summed E-state index contributed by atoms with van der Waals surface area (Å²) in [5, 5.41) is 3.28. The second-order valence-electron chi connectivity index (χ2n) is 6.73. The van der Waals surface area contributed by atoms with Crippen molar-refractivity contribution in [3.63, 3.8) is 0 Å². The molecule has 140 valence electrons. The van der Waals surface area contributed by atoms with Gasteiger partial charge in [0.25, 0.3) is 5.91 Å². The molecule has 25 heavy (non-hydrogen) atoms. The number of piperidine rings is 1. The molecule has 6 nitrogen and oxygen atoms in total. The Morgan fingerprint density at radius 3 is 2.56 bits per heavy atom. The Hall–Kier alpha value is -1.67. The number of carbonyl (C=O) groups excluding carboxylic acids is 1. The monoisotopic (exact) mass is 372 g/mol. The van der Waals surface area contributed by atoms with Crippen LogP contribution >= 0.6 is 0 Å². The van der Waals surface area contributed by atoms with Crippen LogP contribution in [0.5, 0.6) is 5.75 Å². The normalized spacial score (nSPS) is 16.0. The van der Waals surface area contributed by atoms with Crippen LogP contribution in [0.15, 0.2) is 12.1 Å². The van der Waals surface area contributed by atoms with Crippen LogP contribution in [0.4, 0.5) is 4.39 Å². The number of nitrogens with one attached hydrogen (secondary N) is 2. The highest BCUT2D eigenvalue weighted by atomic mass is 32.2. The molecule has 1 amide bonds. The number of rotatable bonds is 6. The second-order valence-corrected chi connectivity index (χ2v) is 8.48. The summed E-state index contributed by atoms with van der Waals surface area (Å²) in [6.45, 7) is 6.20. The molecule has 1 aliphatic rings. The van der Waals surface area contributed by atoms with Crippen molar-refractivity contribution in [2.24, 2.45) is 5.92 Å². The second kappa shape index (κ2) is 8.14. The van der Waals surface area contributed by atoms with E-state index in [1.807, 2.05) is 13.8 Å². The van der Waals surface area contributed by atoms with Crippen LogP contribution in [0.1, 0.15) is 48.5 Å². The number of ether oxygens (including phenoxy) is 1. The molecular formula is C17H25FN2O4S. The van der Waals surface area contributed by atoms with Crippen molar-refractivity contribution in [1.29, 1.82) is 0 Å². The molecule has 1 aromatic carbocycles. The van der Waals surface area contributed by atoms with Gasteiger partial charge in [-0.1, -0.05) is 13.8 Å². The summed E-state index contributed by atoms with van der Waals surface area (Å²) < 4.78 is 44.4. The van der Waals surface area contributed by atoms with Gasteiger partial charge in [0.1, 0.15) is 11.6 Å². The van der Waals surface area contributed by atoms with Crippen molar-refractivity contribution in [3.05, 3.63) is 29.1 Å². The van der Waals surface area contributed by atoms with Crippen LogP contribution in [0.3, 0.4) is 0 Å². The van der Waals surface area contributed by atoms with Gasteiger partial charge in [-0.25, -0.2) is 17.5 Å². The molecule has 2 N–H and O–H groups in total. The summed E-state index contributed by atoms with van der Waals surface area (Å²) in [5.74, 6) is -0.967. The van der Waals surface area contributed by atoms with Gasteiger partial charge in [0, 0.05) is 6.07 Å². The number of amides is 1. The lowest BCUT2D eigenvalue weighted by Gasteiger charge is -2.24. The van der Waals surface area contributed by atoms with Crippen LogP contribution in [0.25, 0.3) is 0 Å². The summed E-state index contributed by atoms with van der Waals surface area (Å²) in [6, 6.07) is 2.55. The lowest BCUT2D eigenvalue weighted by molar-refractivity contribution is 0.0977. The predicted octanol–water partition coefficient (Wildman–Crippen LogP) is 2.02. The fourth-order valence-electron chi connectivity index (χ4n) is 2.80. The molecule has 0 saturated carbocycles. The molecule has 0 bridgehead atoms. The first-order valence-electron chi connectivity index (χ1n) is 8.36. The summed E-state index contributed by atoms with van der Waals surface area (Å²) in [4.78, 5) is 12.0. The third-order valence-corrected chi connectivity index (χ3v) is 4.73. The molecule has 2 rings (SSSR count). The maximum Gasteiger partial charge on any atom is 0.267 e. The highest BCUT2D eigenvalue weighted by Gasteiger charge is 2.21. The summed E-state index contributed by atoms with van der Waals surface area (Å²) >= 11 is 0. The van der Waals surface area contributed by atoms with E-state index in [0.717, 1.165) is 32.2 Å². The number of hydrogen-bond acceptors (Lipinski definition) is 5. The van der Waals surface area contributed by atoms with Gasteiger partial charge in [-0.2, -0.15) is 0 Å². The van der Waals surface area contributed by atoms with Crippen LogP contribution in [-0.2, 0) is 10.0 Å². The number of sulfonamides is 1. The molecule has 1 aliphatic heterocycles. The van der Waals surface area contributed by atoms with Crippen LogP contribution < -0.4 is 14.8 Å². The van der Waals surface area contributed by atoms with E-state index in [1.54, 1.807) is 4.72 Å². The molecule has 1 aromatic rings. The SMILES string of the molecule is CC(C)c1cc(C(=O)NS(C)(=O)=O)c(F)cc1OCC1CCNCC1. The summed E-state index contributed by atoms with van der Waals surface area (Å²) in [5.41, 5.74) is 0.373. The van der Waals surface area contributed by atoms with Crippen molar-refractivity contribution in [2.45, 2.75) is 32.6 Å². The maximum absolute atomic E-state index is 14.3. The molecule has 0 atom stereocenters. The van der Waals surface area contributed by atoms with Crippen molar-refractivity contribution in [2.75, 3.05) is 26.0 Å². The Morgan fingerprint density at radius 2 is 2.00 bits per heavy atom. The Labute approximate surface area is 148 Å². The largest absolute Gasteiger partial charge is 0.493 e. The lowest BCUT2D eigenvalue weighted by Crippen LogP contribution is -2.31. The van der Waals surface area contributed by atoms with Gasteiger partial charge in [0.2, 0.25) is 10.0 Å². The summed E-state index contributed by atoms with van der Waals surface area (Å²) in [7, 11) is -3.76. The van der Waals surface area contributed by atoms with Gasteiger partial charge in [-0.05, 0) is 49.4 Å². The third-order valence-electron chi connectivity index (χ3n) is 4.18. The first-order valence-corrected chi connectivity index (χ1v) is 10.3. The molecule has 8 heteroatoms. The van der Waals surface area contributed by atoms with Gasteiger partial charge in [-0.3, -0.25) is 4.79 Å². The minimum absolute atomic E-state index is 0.00611. The first-order chi connectivity index (χ1) is 11.7. The highest BCUT2D eigenvalue weighted by Crippen LogP contribution is 2.30. The lowest BCUT2D eigenvalue weighted by atomic mass is 9.97. The quantitative estimate of drug-likeness (QED) is 0.798. The topological polar surface area (TPSA) is 84.5 Å². The molecule has 1 heterocycles. The molecular weight excluding hydrogens is 347 g/mol. The molecule has 1 fully saturated rings. The van der Waals surface area contributed by atoms with Crippen molar-refractivity contribution >= 4 is 15.9 Å². The standard InChI is InChI=1S/C17H25FN2O4S/c1-11(2)13-8-14(17(21)20-25(3,22)23)15(18)9-16(13)24-10-12-4-6-19-7-5-12/h8-9,11-12,19H,4-7,10H2,1-3H3,(H,20,21). The zero-order chi connectivity index (χ0) is 18.6. The van der Waals surface area contributed by atoms with Gasteiger partial charge in [-0.15, -0.1) is 0 Å². The Bertz CT molecular complexity index is 728. The molecule has 0 aliphatic carbocycles. The van der Waals surface area contributed by atoms with Crippen molar-refractivity contribution < 1.29 is 22.3 Å². The van der Waals surface area contributed by atoms with Gasteiger partial charge >= 0.3 is 0 Å². The molecule has 0 unspecified atom stereocenters. The third kappa shape index (κ3) is 5.67. The van der Waals surface area contributed by atoms with E-state index >= 15 is 0 Å². The zero-order valence-corrected chi connectivity index (χ0v) is 15.6. The molecule has 0 radical (unpaired) electrons. The van der Waals surface area contributed by atoms with Gasteiger partial charge in [0.15, 0.2) is 0 Å². The highest BCUT2D eigenvalue weighted by molar-refractivity contribution is 7.89. The average Bonchev–Trinajstić information content (AvgIpc) is 2.51. The van der Waals surface area contributed by atoms with E-state index in [1.165, 1.54) is 12.1 Å². The molecule has 0 spiro atoms. The van der Waals surface area contributed by atoms with Crippen LogP contribution in [0, 0.1) is 11.7 Å². The van der Waals surface area contributed by atoms with Crippen molar-refractivity contribution in [1.82, 2.24) is 10.0 Å². The Morgan fingerprint density at radius 1 is 1.36 bits per heavy atom.